The van der Waals surface area contributed by atoms with Crippen molar-refractivity contribution in [2.45, 2.75) is 47.2 Å². The zero-order valence-corrected chi connectivity index (χ0v) is 58.1. The number of nitrogen functional groups attached to an aromatic ring is 1. The zero-order chi connectivity index (χ0) is 70.1. The molecule has 0 spiro atoms. The van der Waals surface area contributed by atoms with Gasteiger partial charge in [-0.05, 0) is 110 Å². The topological polar surface area (TPSA) is 249 Å². The molecule has 4 saturated heterocycles. The summed E-state index contributed by atoms with van der Waals surface area (Å²) in [5.41, 5.74) is 13.5. The highest BCUT2D eigenvalue weighted by Gasteiger charge is 2.31. The maximum atomic E-state index is 12.9. The number of benzene rings is 4. The van der Waals surface area contributed by atoms with Gasteiger partial charge in [0.25, 0.3) is 17.7 Å². The number of anilines is 7. The molecule has 25 heteroatoms. The van der Waals surface area contributed by atoms with Crippen molar-refractivity contribution in [3.63, 3.8) is 0 Å². The number of Topliss-reactive ketones (excluding diaryl/α,β-unsaturated/α-hetero) is 2. The summed E-state index contributed by atoms with van der Waals surface area (Å²) in [6.45, 7) is 24.7. The Morgan fingerprint density at radius 2 is 0.796 bits per heavy atom. The molecule has 0 atom stereocenters. The summed E-state index contributed by atoms with van der Waals surface area (Å²) in [5, 5.41) is 21.2. The second-order valence-corrected chi connectivity index (χ2v) is 25.0. The molecule has 6 aliphatic rings. The number of carbonyl (C=O) groups excluding carboxylic acids is 6. The molecule has 0 unspecified atom stereocenters. The molecule has 4 aromatic carbocycles. The fraction of sp³-hybridized carbons (Fsp3) is 0.384. The Bertz CT molecular complexity index is 3610. The lowest BCUT2D eigenvalue weighted by atomic mass is 10.1. The molecule has 5 N–H and O–H groups in total. The third kappa shape index (κ3) is 21.5. The minimum absolute atomic E-state index is 0.0331. The first kappa shape index (κ1) is 73.3. The number of hydrogen-bond donors (Lipinski definition) is 4. The lowest BCUT2D eigenvalue weighted by molar-refractivity contribution is -0.135. The predicted molar refractivity (Wildman–Crippen MR) is 388 cm³/mol. The van der Waals surface area contributed by atoms with Crippen molar-refractivity contribution in [3.05, 3.63) is 193 Å². The van der Waals surface area contributed by atoms with Gasteiger partial charge >= 0.3 is 0 Å². The summed E-state index contributed by atoms with van der Waals surface area (Å²) in [4.78, 5) is 92.4. The molecule has 9 heterocycles. The van der Waals surface area contributed by atoms with Crippen molar-refractivity contribution in [2.24, 2.45) is 0 Å². The summed E-state index contributed by atoms with van der Waals surface area (Å²) < 4.78 is 3.67. The van der Waals surface area contributed by atoms with E-state index < -0.39 is 0 Å². The van der Waals surface area contributed by atoms with E-state index in [0.29, 0.717) is 45.1 Å². The lowest BCUT2D eigenvalue weighted by Crippen LogP contribution is -2.49. The van der Waals surface area contributed by atoms with Crippen molar-refractivity contribution in [1.82, 2.24) is 59.2 Å². The van der Waals surface area contributed by atoms with Crippen molar-refractivity contribution in [1.29, 1.82) is 0 Å². The van der Waals surface area contributed by atoms with Crippen LogP contribution < -0.4 is 36.0 Å². The second kappa shape index (κ2) is 36.5. The summed E-state index contributed by atoms with van der Waals surface area (Å²) in [5.74, 6) is 2.13. The quantitative estimate of drug-likeness (QED) is 0.0429. The number of amides is 4. The average molecular weight is 1340 g/mol. The number of hydrogen-bond acceptors (Lipinski definition) is 18. The molecule has 0 bridgehead atoms. The minimum Gasteiger partial charge on any atom is -0.384 e. The fourth-order valence-electron chi connectivity index (χ4n) is 11.8. The molecule has 0 radical (unpaired) electrons. The molecule has 4 amide bonds. The number of nitrogens with zero attached hydrogens (tertiary/aromatic N) is 15. The maximum Gasteiger partial charge on any atom is 0.256 e. The average Bonchev–Trinajstić information content (AvgIpc) is 1.67. The molecule has 6 aliphatic heterocycles. The zero-order valence-electron chi connectivity index (χ0n) is 58.1. The van der Waals surface area contributed by atoms with Gasteiger partial charge in [0.1, 0.15) is 23.2 Å². The minimum atomic E-state index is -0.254. The third-order valence-corrected chi connectivity index (χ3v) is 17.1. The maximum absolute atomic E-state index is 12.9. The van der Waals surface area contributed by atoms with Gasteiger partial charge in [-0.2, -0.15) is 15.3 Å². The Kier molecular flexibility index (Phi) is 27.3. The predicted octanol–water partition coefficient (Wildman–Crippen LogP) is 6.72. The van der Waals surface area contributed by atoms with Crippen LogP contribution in [0.5, 0.6) is 0 Å². The first-order chi connectivity index (χ1) is 47.2. The van der Waals surface area contributed by atoms with E-state index in [1.54, 1.807) is 34.5 Å². The first-order valence-electron chi connectivity index (χ1n) is 33.3. The Morgan fingerprint density at radius 1 is 0.459 bits per heavy atom. The Labute approximate surface area is 576 Å². The number of aromatic amines is 1. The number of piperazine rings is 4. The molecular formula is C73H97N19O6. The lowest BCUT2D eigenvalue weighted by Gasteiger charge is -2.37. The number of nitrogens with two attached hydrogens (primary N) is 1. The van der Waals surface area contributed by atoms with Gasteiger partial charge in [-0.1, -0.05) is 79.4 Å². The van der Waals surface area contributed by atoms with E-state index in [9.17, 15) is 28.8 Å². The van der Waals surface area contributed by atoms with Crippen LogP contribution in [0.15, 0.2) is 193 Å². The van der Waals surface area contributed by atoms with E-state index in [4.69, 9.17) is 5.73 Å². The molecule has 3 aromatic heterocycles. The van der Waals surface area contributed by atoms with Gasteiger partial charge in [-0.3, -0.25) is 43.7 Å². The number of allylic oxidation sites excluding steroid dienone is 2. The van der Waals surface area contributed by atoms with Crippen LogP contribution in [0.2, 0.25) is 0 Å². The molecule has 25 nitrogen and oxygen atoms in total. The molecule has 0 saturated carbocycles. The van der Waals surface area contributed by atoms with Crippen molar-refractivity contribution >= 4 is 75.4 Å². The second-order valence-electron chi connectivity index (χ2n) is 25.0. The Morgan fingerprint density at radius 3 is 1.07 bits per heavy atom. The van der Waals surface area contributed by atoms with E-state index in [1.807, 2.05) is 93.7 Å². The third-order valence-electron chi connectivity index (χ3n) is 17.1. The highest BCUT2D eigenvalue weighted by atomic mass is 16.2. The molecule has 13 rings (SSSR count). The van der Waals surface area contributed by atoms with E-state index >= 15 is 0 Å². The number of carbonyl (C=O) groups is 6. The number of aromatic nitrogens is 6. The number of nitrogens with one attached hydrogen (secondary N) is 3. The molecular weight excluding hydrogens is 1240 g/mol. The van der Waals surface area contributed by atoms with Gasteiger partial charge in [-0.15, -0.1) is 0 Å². The Hall–Kier alpha value is -10.5. The molecule has 7 aromatic rings. The summed E-state index contributed by atoms with van der Waals surface area (Å²) in [7, 11) is 8.22. The van der Waals surface area contributed by atoms with Gasteiger partial charge in [-0.25, -0.2) is 9.36 Å². The molecule has 98 heavy (non-hydrogen) atoms. The normalized spacial score (nSPS) is 15.7. The molecule has 520 valence electrons. The van der Waals surface area contributed by atoms with Gasteiger partial charge < -0.3 is 55.6 Å². The highest BCUT2D eigenvalue weighted by molar-refractivity contribution is 6.17. The van der Waals surface area contributed by atoms with E-state index in [-0.39, 0.29) is 47.2 Å². The number of ketones is 2. The van der Waals surface area contributed by atoms with Gasteiger partial charge in [0.15, 0.2) is 5.78 Å². The van der Waals surface area contributed by atoms with Gasteiger partial charge in [0.05, 0.1) is 54.8 Å². The van der Waals surface area contributed by atoms with E-state index in [2.05, 4.69) is 168 Å². The Balaban J connectivity index is 0.000000158. The van der Waals surface area contributed by atoms with Gasteiger partial charge in [0.2, 0.25) is 5.91 Å². The number of fused-ring (bicyclic) bond motifs is 2. The van der Waals surface area contributed by atoms with Crippen LogP contribution in [0.25, 0.3) is 0 Å². The van der Waals surface area contributed by atoms with Crippen molar-refractivity contribution in [3.8, 4) is 0 Å². The number of para-hydroxylation sites is 4. The SMILES string of the molecule is C=C(C(C)=O)C(=O)N1CCN(c2ccccc2)CC1.CC(=O)CC(=O)N1CCN(c2ccccc2)CC1.CC1=C(C(=O)N2CCN(c3ccccc3)CC2)Cn2nccc2N1.CC1=C(C(=O)N2CCN(c3ccccc3)CC2)Cn2nccc2N1.CN(C)CN(C)C.Nc1ccn[nH]1. The highest BCUT2D eigenvalue weighted by Crippen LogP contribution is 2.26. The first-order valence-corrected chi connectivity index (χ1v) is 33.3. The van der Waals surface area contributed by atoms with E-state index in [0.717, 1.165) is 119 Å². The van der Waals surface area contributed by atoms with Crippen LogP contribution >= 0.6 is 0 Å². The number of rotatable bonds is 12. The van der Waals surface area contributed by atoms with Crippen LogP contribution in [0.1, 0.15) is 34.1 Å². The monoisotopic (exact) mass is 1340 g/mol. The summed E-state index contributed by atoms with van der Waals surface area (Å²) >= 11 is 0. The van der Waals surface area contributed by atoms with Crippen LogP contribution in [0.4, 0.5) is 40.2 Å². The van der Waals surface area contributed by atoms with Crippen LogP contribution in [-0.4, -0.2) is 234 Å². The molecule has 4 fully saturated rings. The summed E-state index contributed by atoms with van der Waals surface area (Å²) in [6.07, 6.45) is 5.14. The number of H-pyrrole nitrogens is 1. The van der Waals surface area contributed by atoms with Crippen LogP contribution in [-0.2, 0) is 41.9 Å². The van der Waals surface area contributed by atoms with Gasteiger partial charge in [0, 0.05) is 158 Å². The van der Waals surface area contributed by atoms with Crippen LogP contribution in [0.3, 0.4) is 0 Å². The standard InChI is InChI=1S/2C18H21N5O.C15H18N2O2.C14H18N2O2.C5H14N2.C3H5N3/c2*1-14-16(13-23-17(20-14)7-8-19-23)18(24)22-11-9-21(10-12-22)15-5-3-2-4-6-15;1-12(13(2)18)15(19)17-10-8-16(9-11-17)14-6-4-3-5-7-14;1-12(17)11-14(18)16-9-7-15(8-10-16)13-5-3-2-4-6-13;1-6(2)5-7(3)4;4-3-1-2-5-6-3/h2*2-8,20H,9-13H2,1H3;3-7H,1,8-11H2,2H3;2-6H,7-11H2,1H3;5H2,1-4H3;1-2H,(H3,4,5,6). The van der Waals surface area contributed by atoms with Crippen LogP contribution in [0, 0.1) is 0 Å². The van der Waals surface area contributed by atoms with Crippen molar-refractivity contribution < 1.29 is 28.8 Å². The largest absolute Gasteiger partial charge is 0.384 e. The molecule has 0 aliphatic carbocycles. The van der Waals surface area contributed by atoms with E-state index in [1.165, 1.54) is 36.6 Å². The van der Waals surface area contributed by atoms with Crippen molar-refractivity contribution in [2.75, 3.05) is 176 Å². The fourth-order valence-corrected chi connectivity index (χ4v) is 11.8. The summed E-state index contributed by atoms with van der Waals surface area (Å²) in [6, 6.07) is 46.6. The smallest absolute Gasteiger partial charge is 0.256 e.